The van der Waals surface area contributed by atoms with Crippen molar-refractivity contribution >= 4 is 17.3 Å². The number of para-hydroxylation sites is 1. The Kier molecular flexibility index (Phi) is 5.43. The first-order chi connectivity index (χ1) is 10.9. The van der Waals surface area contributed by atoms with Gasteiger partial charge in [-0.2, -0.15) is 0 Å². The normalized spacial score (nSPS) is 11.1. The number of anilines is 2. The molecule has 0 unspecified atom stereocenters. The van der Waals surface area contributed by atoms with Crippen LogP contribution in [0.1, 0.15) is 32.8 Å². The van der Waals surface area contributed by atoms with E-state index in [1.165, 1.54) is 5.56 Å². The zero-order valence-corrected chi connectivity index (χ0v) is 14.5. The molecule has 3 nitrogen and oxygen atoms in total. The van der Waals surface area contributed by atoms with Crippen molar-refractivity contribution in [3.63, 3.8) is 0 Å². The lowest BCUT2D eigenvalue weighted by Crippen LogP contribution is -2.27. The zero-order valence-electron chi connectivity index (χ0n) is 14.5. The van der Waals surface area contributed by atoms with Gasteiger partial charge in [-0.3, -0.25) is 4.79 Å². The highest BCUT2D eigenvalue weighted by Crippen LogP contribution is 2.23. The summed E-state index contributed by atoms with van der Waals surface area (Å²) in [6.45, 7) is 7.24. The van der Waals surface area contributed by atoms with Crippen LogP contribution in [0, 0.1) is 0 Å². The number of nitrogens with one attached hydrogen (secondary N) is 1. The molecule has 122 valence electrons. The third-order valence-corrected chi connectivity index (χ3v) is 3.94. The van der Waals surface area contributed by atoms with Crippen molar-refractivity contribution in [1.82, 2.24) is 0 Å². The summed E-state index contributed by atoms with van der Waals surface area (Å²) in [6, 6.07) is 18.1. The number of hydrogen-bond donors (Lipinski definition) is 1. The Labute approximate surface area is 139 Å². The number of carbonyl (C=O) groups excluding carboxylic acids is 1. The smallest absolute Gasteiger partial charge is 0.228 e. The SMILES string of the molecule is CN(C(=O)CCNc1ccc(C(C)(C)C)cc1)c1ccccc1. The molecule has 0 heterocycles. The predicted octanol–water partition coefficient (Wildman–Crippen LogP) is 4.45. The van der Waals surface area contributed by atoms with E-state index in [1.54, 1.807) is 4.90 Å². The Morgan fingerprint density at radius 1 is 1.00 bits per heavy atom. The molecule has 0 saturated carbocycles. The van der Waals surface area contributed by atoms with Crippen LogP contribution in [0.4, 0.5) is 11.4 Å². The van der Waals surface area contributed by atoms with Gasteiger partial charge in [-0.05, 0) is 35.2 Å². The Bertz CT molecular complexity index is 627. The van der Waals surface area contributed by atoms with Gasteiger partial charge in [0.25, 0.3) is 0 Å². The number of nitrogens with zero attached hydrogens (tertiary/aromatic N) is 1. The largest absolute Gasteiger partial charge is 0.385 e. The van der Waals surface area contributed by atoms with Crippen LogP contribution in [0.2, 0.25) is 0 Å². The molecule has 0 aromatic heterocycles. The first kappa shape index (κ1) is 17.1. The minimum atomic E-state index is 0.106. The molecule has 1 amide bonds. The molecule has 0 aliphatic rings. The predicted molar refractivity (Wildman–Crippen MR) is 98.1 cm³/mol. The molecule has 0 saturated heterocycles. The van der Waals surface area contributed by atoms with Gasteiger partial charge in [0.05, 0.1) is 0 Å². The maximum atomic E-state index is 12.2. The molecular formula is C20H26N2O. The fourth-order valence-corrected chi connectivity index (χ4v) is 2.37. The third-order valence-electron chi connectivity index (χ3n) is 3.94. The van der Waals surface area contributed by atoms with Gasteiger partial charge in [0.1, 0.15) is 0 Å². The van der Waals surface area contributed by atoms with E-state index in [0.717, 1.165) is 11.4 Å². The molecule has 0 aliphatic carbocycles. The fraction of sp³-hybridized carbons (Fsp3) is 0.350. The second kappa shape index (κ2) is 7.32. The van der Waals surface area contributed by atoms with E-state index in [0.29, 0.717) is 13.0 Å². The van der Waals surface area contributed by atoms with Crippen molar-refractivity contribution in [1.29, 1.82) is 0 Å². The van der Waals surface area contributed by atoms with E-state index in [1.807, 2.05) is 37.4 Å². The lowest BCUT2D eigenvalue weighted by molar-refractivity contribution is -0.118. The van der Waals surface area contributed by atoms with E-state index >= 15 is 0 Å². The minimum Gasteiger partial charge on any atom is -0.385 e. The van der Waals surface area contributed by atoms with Gasteiger partial charge in [-0.15, -0.1) is 0 Å². The number of carbonyl (C=O) groups is 1. The molecule has 0 spiro atoms. The van der Waals surface area contributed by atoms with Gasteiger partial charge >= 0.3 is 0 Å². The molecular weight excluding hydrogens is 284 g/mol. The van der Waals surface area contributed by atoms with Gasteiger partial charge < -0.3 is 10.2 Å². The summed E-state index contributed by atoms with van der Waals surface area (Å²) in [7, 11) is 1.82. The minimum absolute atomic E-state index is 0.106. The van der Waals surface area contributed by atoms with Gasteiger partial charge in [0, 0.05) is 31.4 Å². The number of amides is 1. The molecule has 0 fully saturated rings. The maximum absolute atomic E-state index is 12.2. The van der Waals surface area contributed by atoms with Crippen molar-refractivity contribution in [3.8, 4) is 0 Å². The van der Waals surface area contributed by atoms with Crippen molar-refractivity contribution in [2.24, 2.45) is 0 Å². The van der Waals surface area contributed by atoms with E-state index in [2.05, 4.69) is 50.4 Å². The van der Waals surface area contributed by atoms with E-state index in [-0.39, 0.29) is 11.3 Å². The second-order valence-corrected chi connectivity index (χ2v) is 6.79. The van der Waals surface area contributed by atoms with Crippen LogP contribution in [-0.2, 0) is 10.2 Å². The van der Waals surface area contributed by atoms with E-state index in [4.69, 9.17) is 0 Å². The Morgan fingerprint density at radius 2 is 1.61 bits per heavy atom. The van der Waals surface area contributed by atoms with Gasteiger partial charge in [-0.1, -0.05) is 51.1 Å². The number of hydrogen-bond acceptors (Lipinski definition) is 2. The number of benzene rings is 2. The highest BCUT2D eigenvalue weighted by Gasteiger charge is 2.13. The van der Waals surface area contributed by atoms with Crippen molar-refractivity contribution in [2.45, 2.75) is 32.6 Å². The third kappa shape index (κ3) is 4.85. The molecule has 3 heteroatoms. The lowest BCUT2D eigenvalue weighted by Gasteiger charge is -2.20. The molecule has 0 aliphatic heterocycles. The Balaban J connectivity index is 1.84. The van der Waals surface area contributed by atoms with E-state index in [9.17, 15) is 4.79 Å². The van der Waals surface area contributed by atoms with Gasteiger partial charge in [-0.25, -0.2) is 0 Å². The van der Waals surface area contributed by atoms with Crippen molar-refractivity contribution < 1.29 is 4.79 Å². The van der Waals surface area contributed by atoms with Crippen LogP contribution >= 0.6 is 0 Å². The molecule has 2 aromatic rings. The van der Waals surface area contributed by atoms with Crippen LogP contribution in [0.5, 0.6) is 0 Å². The van der Waals surface area contributed by atoms with Crippen molar-refractivity contribution in [2.75, 3.05) is 23.8 Å². The Morgan fingerprint density at radius 3 is 2.17 bits per heavy atom. The summed E-state index contributed by atoms with van der Waals surface area (Å²) in [5, 5.41) is 3.31. The quantitative estimate of drug-likeness (QED) is 0.885. The second-order valence-electron chi connectivity index (χ2n) is 6.79. The first-order valence-electron chi connectivity index (χ1n) is 8.04. The summed E-state index contributed by atoms with van der Waals surface area (Å²) in [5.41, 5.74) is 3.44. The highest BCUT2D eigenvalue weighted by molar-refractivity contribution is 5.93. The van der Waals surface area contributed by atoms with Crippen LogP contribution in [0.15, 0.2) is 54.6 Å². The Hall–Kier alpha value is -2.29. The van der Waals surface area contributed by atoms with Crippen molar-refractivity contribution in [3.05, 3.63) is 60.2 Å². The molecule has 2 aromatic carbocycles. The van der Waals surface area contributed by atoms with Crippen LogP contribution in [-0.4, -0.2) is 19.5 Å². The lowest BCUT2D eigenvalue weighted by atomic mass is 9.87. The summed E-state index contributed by atoms with van der Waals surface area (Å²) in [6.07, 6.45) is 0.465. The standard InChI is InChI=1S/C20H26N2O/c1-20(2,3)16-10-12-17(13-11-16)21-15-14-19(23)22(4)18-8-6-5-7-9-18/h5-13,21H,14-15H2,1-4H3. The summed E-state index contributed by atoms with van der Waals surface area (Å²) >= 11 is 0. The molecule has 0 bridgehead atoms. The number of rotatable bonds is 5. The summed E-state index contributed by atoms with van der Waals surface area (Å²) in [5.74, 6) is 0.106. The average Bonchev–Trinajstić information content (AvgIpc) is 2.54. The van der Waals surface area contributed by atoms with E-state index < -0.39 is 0 Å². The van der Waals surface area contributed by atoms with Crippen LogP contribution in [0.25, 0.3) is 0 Å². The van der Waals surface area contributed by atoms with Crippen LogP contribution in [0.3, 0.4) is 0 Å². The monoisotopic (exact) mass is 310 g/mol. The molecule has 0 radical (unpaired) electrons. The molecule has 23 heavy (non-hydrogen) atoms. The molecule has 1 N–H and O–H groups in total. The van der Waals surface area contributed by atoms with Crippen LogP contribution < -0.4 is 10.2 Å². The zero-order chi connectivity index (χ0) is 16.9. The first-order valence-corrected chi connectivity index (χ1v) is 8.04. The summed E-state index contributed by atoms with van der Waals surface area (Å²) in [4.78, 5) is 13.9. The van der Waals surface area contributed by atoms with Gasteiger partial charge in [0.2, 0.25) is 5.91 Å². The molecule has 0 atom stereocenters. The maximum Gasteiger partial charge on any atom is 0.228 e. The topological polar surface area (TPSA) is 32.3 Å². The average molecular weight is 310 g/mol. The van der Waals surface area contributed by atoms with Gasteiger partial charge in [0.15, 0.2) is 0 Å². The summed E-state index contributed by atoms with van der Waals surface area (Å²) < 4.78 is 0. The molecule has 2 rings (SSSR count). The highest BCUT2D eigenvalue weighted by atomic mass is 16.2. The fourth-order valence-electron chi connectivity index (χ4n) is 2.37.